The Morgan fingerprint density at radius 1 is 1.43 bits per heavy atom. The first-order valence-electron chi connectivity index (χ1n) is 6.45. The Hall–Kier alpha value is -2.45. The largest absolute Gasteiger partial charge is 0.474 e. The fraction of sp³-hybridized carbons (Fsp3) is 0.143. The monoisotopic (exact) mass is 353 g/mol. The van der Waals surface area contributed by atoms with E-state index in [0.717, 1.165) is 4.88 Å². The summed E-state index contributed by atoms with van der Waals surface area (Å²) in [5.41, 5.74) is 2.10. The van der Waals surface area contributed by atoms with E-state index in [1.54, 1.807) is 18.2 Å². The molecule has 0 spiro atoms. The summed E-state index contributed by atoms with van der Waals surface area (Å²) in [7, 11) is 0. The summed E-state index contributed by atoms with van der Waals surface area (Å²) in [5, 5.41) is 14.7. The number of nitrogens with zero attached hydrogens (tertiary/aromatic N) is 2. The summed E-state index contributed by atoms with van der Waals surface area (Å²) < 4.78 is 5.95. The first-order valence-corrected chi connectivity index (χ1v) is 7.65. The molecule has 0 saturated carbocycles. The van der Waals surface area contributed by atoms with E-state index in [1.807, 2.05) is 0 Å². The molecule has 0 aliphatic heterocycles. The maximum atomic E-state index is 11.9. The van der Waals surface area contributed by atoms with E-state index in [2.05, 4.69) is 10.5 Å². The van der Waals surface area contributed by atoms with Gasteiger partial charge in [-0.05, 0) is 25.1 Å². The van der Waals surface area contributed by atoms with Gasteiger partial charge in [0, 0.05) is 10.9 Å². The molecular formula is C14H12ClN3O4S. The number of rotatable bonds is 6. The fourth-order valence-corrected chi connectivity index (χ4v) is 2.53. The van der Waals surface area contributed by atoms with Crippen LogP contribution in [0.1, 0.15) is 11.8 Å². The van der Waals surface area contributed by atoms with Crippen molar-refractivity contribution in [3.8, 4) is 5.75 Å². The number of nitro groups is 1. The molecule has 0 bridgehead atoms. The highest BCUT2D eigenvalue weighted by Crippen LogP contribution is 2.26. The summed E-state index contributed by atoms with van der Waals surface area (Å²) >= 11 is 7.09. The standard InChI is InChI=1S/C14H12ClN3O4S/c1-9(22-12-5-3-2-4-11(12)18(20)21)14(19)17-16-8-10-6-7-13(15)23-10/h2-9H,1H3,(H,17,19). The van der Waals surface area contributed by atoms with Crippen LogP contribution in [0.2, 0.25) is 4.34 Å². The molecule has 1 N–H and O–H groups in total. The van der Waals surface area contributed by atoms with Crippen molar-refractivity contribution in [2.75, 3.05) is 0 Å². The number of nitro benzene ring substituents is 1. The molecule has 23 heavy (non-hydrogen) atoms. The van der Waals surface area contributed by atoms with Gasteiger partial charge in [0.25, 0.3) is 5.91 Å². The summed E-state index contributed by atoms with van der Waals surface area (Å²) in [6, 6.07) is 9.32. The second-order valence-corrected chi connectivity index (χ2v) is 6.11. The van der Waals surface area contributed by atoms with Crippen molar-refractivity contribution in [2.45, 2.75) is 13.0 Å². The Morgan fingerprint density at radius 3 is 2.83 bits per heavy atom. The number of amides is 1. The van der Waals surface area contributed by atoms with Crippen LogP contribution in [-0.4, -0.2) is 23.1 Å². The van der Waals surface area contributed by atoms with Crippen molar-refractivity contribution in [1.29, 1.82) is 0 Å². The number of para-hydroxylation sites is 2. The number of carbonyl (C=O) groups is 1. The number of thiophene rings is 1. The molecule has 9 heteroatoms. The minimum absolute atomic E-state index is 0.0224. The molecule has 2 rings (SSSR count). The molecule has 1 aromatic carbocycles. The van der Waals surface area contributed by atoms with Gasteiger partial charge in [-0.3, -0.25) is 14.9 Å². The molecule has 0 aliphatic rings. The third-order valence-electron chi connectivity index (χ3n) is 2.70. The zero-order chi connectivity index (χ0) is 16.8. The second kappa shape index (κ2) is 7.70. The number of hydrazone groups is 1. The molecule has 1 amide bonds. The normalized spacial score (nSPS) is 12.1. The molecule has 0 saturated heterocycles. The van der Waals surface area contributed by atoms with Gasteiger partial charge in [0.15, 0.2) is 11.9 Å². The molecule has 1 atom stereocenters. The van der Waals surface area contributed by atoms with Crippen LogP contribution in [0.3, 0.4) is 0 Å². The van der Waals surface area contributed by atoms with Gasteiger partial charge in [0.2, 0.25) is 0 Å². The average molecular weight is 354 g/mol. The number of carbonyl (C=O) groups excluding carboxylic acids is 1. The van der Waals surface area contributed by atoms with E-state index in [4.69, 9.17) is 16.3 Å². The Kier molecular flexibility index (Phi) is 5.67. The van der Waals surface area contributed by atoms with E-state index >= 15 is 0 Å². The van der Waals surface area contributed by atoms with Crippen molar-refractivity contribution in [2.24, 2.45) is 5.10 Å². The zero-order valence-corrected chi connectivity index (χ0v) is 13.5. The zero-order valence-electron chi connectivity index (χ0n) is 11.9. The van der Waals surface area contributed by atoms with Gasteiger partial charge in [-0.15, -0.1) is 11.3 Å². The fourth-order valence-electron chi connectivity index (χ4n) is 1.60. The highest BCUT2D eigenvalue weighted by atomic mass is 35.5. The number of ether oxygens (including phenoxy) is 1. The Bertz CT molecular complexity index is 747. The van der Waals surface area contributed by atoms with E-state index in [-0.39, 0.29) is 11.4 Å². The Balaban J connectivity index is 1.95. The summed E-state index contributed by atoms with van der Waals surface area (Å²) in [6.07, 6.45) is 0.506. The van der Waals surface area contributed by atoms with Crippen LogP contribution < -0.4 is 10.2 Å². The molecule has 0 radical (unpaired) electrons. The predicted octanol–water partition coefficient (Wildman–Crippen LogP) is 3.23. The average Bonchev–Trinajstić information content (AvgIpc) is 2.93. The van der Waals surface area contributed by atoms with Gasteiger partial charge >= 0.3 is 5.69 Å². The van der Waals surface area contributed by atoms with Crippen LogP contribution in [-0.2, 0) is 4.79 Å². The summed E-state index contributed by atoms with van der Waals surface area (Å²) in [5.74, 6) is -0.503. The van der Waals surface area contributed by atoms with Crippen molar-refractivity contribution in [3.63, 3.8) is 0 Å². The molecule has 120 valence electrons. The van der Waals surface area contributed by atoms with Crippen LogP contribution in [0, 0.1) is 10.1 Å². The molecule has 1 aromatic heterocycles. The summed E-state index contributed by atoms with van der Waals surface area (Å²) in [4.78, 5) is 23.0. The minimum Gasteiger partial charge on any atom is -0.474 e. The Labute approximate surface area is 140 Å². The quantitative estimate of drug-likeness (QED) is 0.490. The maximum absolute atomic E-state index is 11.9. The van der Waals surface area contributed by atoms with Gasteiger partial charge in [0.05, 0.1) is 15.5 Å². The van der Waals surface area contributed by atoms with Gasteiger partial charge in [0.1, 0.15) is 0 Å². The third-order valence-corrected chi connectivity index (χ3v) is 3.86. The third kappa shape index (κ3) is 4.76. The first-order chi connectivity index (χ1) is 11.0. The van der Waals surface area contributed by atoms with Crippen LogP contribution >= 0.6 is 22.9 Å². The first kappa shape index (κ1) is 16.9. The minimum atomic E-state index is -0.944. The van der Waals surface area contributed by atoms with Crippen LogP contribution in [0.15, 0.2) is 41.5 Å². The lowest BCUT2D eigenvalue weighted by atomic mass is 10.3. The smallest absolute Gasteiger partial charge is 0.310 e. The highest BCUT2D eigenvalue weighted by Gasteiger charge is 2.20. The SMILES string of the molecule is CC(Oc1ccccc1[N+](=O)[O-])C(=O)NN=Cc1ccc(Cl)s1. The number of hydrogen-bond donors (Lipinski definition) is 1. The van der Waals surface area contributed by atoms with Gasteiger partial charge < -0.3 is 4.74 Å². The molecule has 1 unspecified atom stereocenters. The van der Waals surface area contributed by atoms with Gasteiger partial charge in [-0.2, -0.15) is 5.10 Å². The molecule has 7 nitrogen and oxygen atoms in total. The van der Waals surface area contributed by atoms with Gasteiger partial charge in [-0.1, -0.05) is 23.7 Å². The Morgan fingerprint density at radius 2 is 2.17 bits per heavy atom. The van der Waals surface area contributed by atoms with Crippen molar-refractivity contribution < 1.29 is 14.5 Å². The van der Waals surface area contributed by atoms with E-state index in [0.29, 0.717) is 4.34 Å². The van der Waals surface area contributed by atoms with Crippen LogP contribution in [0.25, 0.3) is 0 Å². The molecule has 1 heterocycles. The number of hydrogen-bond acceptors (Lipinski definition) is 6. The molecule has 2 aromatic rings. The van der Waals surface area contributed by atoms with Crippen molar-refractivity contribution in [3.05, 3.63) is 55.7 Å². The molecular weight excluding hydrogens is 342 g/mol. The number of benzene rings is 1. The highest BCUT2D eigenvalue weighted by molar-refractivity contribution is 7.17. The lowest BCUT2D eigenvalue weighted by molar-refractivity contribution is -0.386. The number of halogens is 1. The lowest BCUT2D eigenvalue weighted by Gasteiger charge is -2.12. The lowest BCUT2D eigenvalue weighted by Crippen LogP contribution is -2.33. The molecule has 0 aliphatic carbocycles. The van der Waals surface area contributed by atoms with Crippen molar-refractivity contribution in [1.82, 2.24) is 5.43 Å². The number of nitrogens with one attached hydrogen (secondary N) is 1. The van der Waals surface area contributed by atoms with Gasteiger partial charge in [-0.25, -0.2) is 5.43 Å². The topological polar surface area (TPSA) is 93.8 Å². The molecule has 0 fully saturated rings. The maximum Gasteiger partial charge on any atom is 0.310 e. The van der Waals surface area contributed by atoms with E-state index in [1.165, 1.54) is 42.7 Å². The van der Waals surface area contributed by atoms with Crippen molar-refractivity contribution >= 4 is 40.7 Å². The second-order valence-electron chi connectivity index (χ2n) is 4.36. The van der Waals surface area contributed by atoms with Crippen LogP contribution in [0.4, 0.5) is 5.69 Å². The predicted molar refractivity (Wildman–Crippen MR) is 88.3 cm³/mol. The van der Waals surface area contributed by atoms with E-state index in [9.17, 15) is 14.9 Å². The summed E-state index contributed by atoms with van der Waals surface area (Å²) in [6.45, 7) is 1.48. The van der Waals surface area contributed by atoms with E-state index < -0.39 is 16.9 Å². The van der Waals surface area contributed by atoms with Crippen LogP contribution in [0.5, 0.6) is 5.75 Å².